The van der Waals surface area contributed by atoms with E-state index in [0.717, 1.165) is 6.42 Å². The van der Waals surface area contributed by atoms with Crippen molar-refractivity contribution in [2.45, 2.75) is 11.3 Å². The molecule has 3 aromatic rings. The number of piperazine rings is 1. The molecule has 0 spiro atoms. The molecule has 30 heavy (non-hydrogen) atoms. The highest BCUT2D eigenvalue weighted by Gasteiger charge is 2.29. The van der Waals surface area contributed by atoms with E-state index in [2.05, 4.69) is 29.6 Å². The summed E-state index contributed by atoms with van der Waals surface area (Å²) in [6.07, 6.45) is 0.745. The van der Waals surface area contributed by atoms with Gasteiger partial charge in [0.25, 0.3) is 0 Å². The largest absolute Gasteiger partial charge is 0.338 e. The SMILES string of the molecule is O=C(NCCc1cccc2ccccc12)N1CCN(S(=O)(=O)c2ccccc2)CC1. The number of sulfonamides is 1. The third kappa shape index (κ3) is 4.32. The van der Waals surface area contributed by atoms with Crippen LogP contribution in [0.5, 0.6) is 0 Å². The first-order valence-corrected chi connectivity index (χ1v) is 11.5. The highest BCUT2D eigenvalue weighted by molar-refractivity contribution is 7.89. The molecule has 2 amide bonds. The minimum atomic E-state index is -3.51. The van der Waals surface area contributed by atoms with Crippen molar-refractivity contribution in [3.8, 4) is 0 Å². The van der Waals surface area contributed by atoms with E-state index in [-0.39, 0.29) is 10.9 Å². The second-order valence-corrected chi connectivity index (χ2v) is 9.26. The van der Waals surface area contributed by atoms with Gasteiger partial charge in [0, 0.05) is 32.7 Å². The smallest absolute Gasteiger partial charge is 0.317 e. The van der Waals surface area contributed by atoms with Crippen molar-refractivity contribution in [1.82, 2.24) is 14.5 Å². The van der Waals surface area contributed by atoms with Crippen LogP contribution < -0.4 is 5.32 Å². The zero-order valence-electron chi connectivity index (χ0n) is 16.7. The van der Waals surface area contributed by atoms with Gasteiger partial charge in [-0.15, -0.1) is 0 Å². The Morgan fingerprint density at radius 3 is 2.27 bits per heavy atom. The number of benzene rings is 3. The molecule has 6 nitrogen and oxygen atoms in total. The number of hydrogen-bond donors (Lipinski definition) is 1. The number of rotatable bonds is 5. The highest BCUT2D eigenvalue weighted by atomic mass is 32.2. The molecule has 156 valence electrons. The molecule has 0 aliphatic carbocycles. The third-order valence-electron chi connectivity index (χ3n) is 5.46. The van der Waals surface area contributed by atoms with E-state index in [4.69, 9.17) is 0 Å². The Kier molecular flexibility index (Phi) is 6.01. The second kappa shape index (κ2) is 8.85. The molecule has 0 bridgehead atoms. The highest BCUT2D eigenvalue weighted by Crippen LogP contribution is 2.19. The molecule has 7 heteroatoms. The van der Waals surface area contributed by atoms with Gasteiger partial charge in [-0.25, -0.2) is 13.2 Å². The van der Waals surface area contributed by atoms with Crippen LogP contribution in [-0.4, -0.2) is 56.4 Å². The number of fused-ring (bicyclic) bond motifs is 1. The molecule has 3 aromatic carbocycles. The van der Waals surface area contributed by atoms with Crippen molar-refractivity contribution >= 4 is 26.8 Å². The summed E-state index contributed by atoms with van der Waals surface area (Å²) in [5.74, 6) is 0. The molecule has 1 aliphatic rings. The number of urea groups is 1. The summed E-state index contributed by atoms with van der Waals surface area (Å²) in [4.78, 5) is 14.5. The summed E-state index contributed by atoms with van der Waals surface area (Å²) in [5, 5.41) is 5.36. The molecule has 1 aliphatic heterocycles. The van der Waals surface area contributed by atoms with Gasteiger partial charge in [0.2, 0.25) is 10.0 Å². The van der Waals surface area contributed by atoms with Crippen LogP contribution in [0, 0.1) is 0 Å². The maximum atomic E-state index is 12.7. The Morgan fingerprint density at radius 2 is 1.50 bits per heavy atom. The fraction of sp³-hybridized carbons (Fsp3) is 0.261. The van der Waals surface area contributed by atoms with E-state index in [0.29, 0.717) is 32.7 Å². The summed E-state index contributed by atoms with van der Waals surface area (Å²) >= 11 is 0. The lowest BCUT2D eigenvalue weighted by Crippen LogP contribution is -2.53. The summed E-state index contributed by atoms with van der Waals surface area (Å²) in [5.41, 5.74) is 1.20. The van der Waals surface area contributed by atoms with E-state index in [1.807, 2.05) is 18.2 Å². The number of amides is 2. The number of hydrogen-bond acceptors (Lipinski definition) is 3. The predicted molar refractivity (Wildman–Crippen MR) is 118 cm³/mol. The van der Waals surface area contributed by atoms with Crippen molar-refractivity contribution < 1.29 is 13.2 Å². The van der Waals surface area contributed by atoms with Crippen LogP contribution in [0.4, 0.5) is 4.79 Å². The summed E-state index contributed by atoms with van der Waals surface area (Å²) < 4.78 is 26.9. The van der Waals surface area contributed by atoms with Gasteiger partial charge in [0.1, 0.15) is 0 Å². The Morgan fingerprint density at radius 1 is 0.833 bits per heavy atom. The van der Waals surface area contributed by atoms with E-state index in [1.165, 1.54) is 20.6 Å². The van der Waals surface area contributed by atoms with E-state index in [1.54, 1.807) is 35.2 Å². The molecule has 0 unspecified atom stereocenters. The Balaban J connectivity index is 1.30. The maximum absolute atomic E-state index is 12.7. The molecule has 4 rings (SSSR count). The standard InChI is InChI=1S/C23H25N3O3S/c27-23(24-14-13-20-9-6-8-19-7-4-5-12-22(19)20)25-15-17-26(18-16-25)30(28,29)21-10-2-1-3-11-21/h1-12H,13-18H2,(H,24,27). The number of carbonyl (C=O) groups is 1. The van der Waals surface area contributed by atoms with Crippen LogP contribution >= 0.6 is 0 Å². The summed E-state index contributed by atoms with van der Waals surface area (Å²) in [6.45, 7) is 1.90. The molecule has 0 saturated carbocycles. The van der Waals surface area contributed by atoms with Gasteiger partial charge in [-0.05, 0) is 34.9 Å². The molecule has 1 N–H and O–H groups in total. The topological polar surface area (TPSA) is 69.7 Å². The zero-order valence-corrected chi connectivity index (χ0v) is 17.5. The maximum Gasteiger partial charge on any atom is 0.317 e. The van der Waals surface area contributed by atoms with E-state index >= 15 is 0 Å². The van der Waals surface area contributed by atoms with Gasteiger partial charge in [-0.2, -0.15) is 4.31 Å². The number of nitrogens with one attached hydrogen (secondary N) is 1. The summed E-state index contributed by atoms with van der Waals surface area (Å²) in [6, 6.07) is 22.7. The lowest BCUT2D eigenvalue weighted by molar-refractivity contribution is 0.172. The van der Waals surface area contributed by atoms with Crippen molar-refractivity contribution in [2.75, 3.05) is 32.7 Å². The van der Waals surface area contributed by atoms with Crippen molar-refractivity contribution in [3.63, 3.8) is 0 Å². The molecule has 0 aromatic heterocycles. The molecule has 0 radical (unpaired) electrons. The fourth-order valence-corrected chi connectivity index (χ4v) is 5.24. The Labute approximate surface area is 177 Å². The van der Waals surface area contributed by atoms with Crippen LogP contribution in [0.1, 0.15) is 5.56 Å². The van der Waals surface area contributed by atoms with Crippen molar-refractivity contribution in [1.29, 1.82) is 0 Å². The average molecular weight is 424 g/mol. The molecule has 0 atom stereocenters. The number of nitrogens with zero attached hydrogens (tertiary/aromatic N) is 2. The van der Waals surface area contributed by atoms with E-state index in [9.17, 15) is 13.2 Å². The third-order valence-corrected chi connectivity index (χ3v) is 7.37. The van der Waals surface area contributed by atoms with Crippen molar-refractivity contribution in [2.24, 2.45) is 0 Å². The zero-order chi connectivity index (χ0) is 21.0. The fourth-order valence-electron chi connectivity index (χ4n) is 3.80. The first-order chi connectivity index (χ1) is 14.6. The lowest BCUT2D eigenvalue weighted by Gasteiger charge is -2.34. The first kappa shape index (κ1) is 20.4. The molecular formula is C23H25N3O3S. The predicted octanol–water partition coefficient (Wildman–Crippen LogP) is 3.10. The quantitative estimate of drug-likeness (QED) is 0.686. The lowest BCUT2D eigenvalue weighted by atomic mass is 10.0. The van der Waals surface area contributed by atoms with Gasteiger partial charge in [0.15, 0.2) is 0 Å². The number of carbonyl (C=O) groups excluding carboxylic acids is 1. The second-order valence-electron chi connectivity index (χ2n) is 7.32. The summed E-state index contributed by atoms with van der Waals surface area (Å²) in [7, 11) is -3.51. The van der Waals surface area contributed by atoms with Gasteiger partial charge in [-0.3, -0.25) is 0 Å². The van der Waals surface area contributed by atoms with E-state index < -0.39 is 10.0 Å². The van der Waals surface area contributed by atoms with Crippen LogP contribution in [0.2, 0.25) is 0 Å². The Hall–Kier alpha value is -2.90. The van der Waals surface area contributed by atoms with Gasteiger partial charge in [0.05, 0.1) is 4.90 Å². The first-order valence-electron chi connectivity index (χ1n) is 10.1. The minimum Gasteiger partial charge on any atom is -0.338 e. The molecular weight excluding hydrogens is 398 g/mol. The van der Waals surface area contributed by atoms with Gasteiger partial charge in [-0.1, -0.05) is 60.7 Å². The average Bonchev–Trinajstić information content (AvgIpc) is 2.80. The van der Waals surface area contributed by atoms with Crippen LogP contribution in [-0.2, 0) is 16.4 Å². The van der Waals surface area contributed by atoms with Crippen LogP contribution in [0.15, 0.2) is 77.7 Å². The van der Waals surface area contributed by atoms with Crippen LogP contribution in [0.25, 0.3) is 10.8 Å². The molecule has 1 fully saturated rings. The monoisotopic (exact) mass is 423 g/mol. The minimum absolute atomic E-state index is 0.146. The Bertz CT molecular complexity index is 1120. The van der Waals surface area contributed by atoms with Gasteiger partial charge >= 0.3 is 6.03 Å². The normalized spacial score (nSPS) is 15.3. The molecule has 1 saturated heterocycles. The van der Waals surface area contributed by atoms with Gasteiger partial charge < -0.3 is 10.2 Å². The van der Waals surface area contributed by atoms with Crippen LogP contribution in [0.3, 0.4) is 0 Å². The molecule has 1 heterocycles. The van der Waals surface area contributed by atoms with Crippen molar-refractivity contribution in [3.05, 3.63) is 78.4 Å².